The molecule has 0 radical (unpaired) electrons. The molecule has 0 unspecified atom stereocenters. The van der Waals surface area contributed by atoms with Crippen LogP contribution in [-0.4, -0.2) is 6.54 Å². The predicted molar refractivity (Wildman–Crippen MR) is 70.7 cm³/mol. The van der Waals surface area contributed by atoms with Crippen LogP contribution < -0.4 is 5.32 Å². The fourth-order valence-corrected chi connectivity index (χ4v) is 2.63. The summed E-state index contributed by atoms with van der Waals surface area (Å²) in [6.07, 6.45) is 5.30. The van der Waals surface area contributed by atoms with Crippen molar-refractivity contribution in [3.63, 3.8) is 0 Å². The van der Waals surface area contributed by atoms with Crippen molar-refractivity contribution in [2.45, 2.75) is 39.5 Å². The molecule has 94 valence electrons. The molecule has 2 heteroatoms. The maximum Gasteiger partial charge on any atom is 0.125 e. The molecular weight excluding hydrogens is 213 g/mol. The van der Waals surface area contributed by atoms with Crippen molar-refractivity contribution in [1.29, 1.82) is 0 Å². The van der Waals surface area contributed by atoms with Gasteiger partial charge in [0.25, 0.3) is 0 Å². The van der Waals surface area contributed by atoms with Crippen LogP contribution in [0.3, 0.4) is 0 Å². The molecule has 2 rings (SSSR count). The van der Waals surface area contributed by atoms with Gasteiger partial charge in [0.05, 0.1) is 0 Å². The van der Waals surface area contributed by atoms with Crippen LogP contribution in [0.4, 0.5) is 10.1 Å². The van der Waals surface area contributed by atoms with E-state index in [9.17, 15) is 4.39 Å². The van der Waals surface area contributed by atoms with Crippen LogP contribution in [0.25, 0.3) is 0 Å². The molecule has 1 aromatic carbocycles. The molecule has 1 saturated carbocycles. The predicted octanol–water partition coefficient (Wildman–Crippen LogP) is 4.37. The fraction of sp³-hybridized carbons (Fsp3) is 0.600. The van der Waals surface area contributed by atoms with Crippen LogP contribution in [0, 0.1) is 24.6 Å². The van der Waals surface area contributed by atoms with E-state index in [2.05, 4.69) is 12.2 Å². The van der Waals surface area contributed by atoms with E-state index in [1.165, 1.54) is 25.7 Å². The number of hydrogen-bond donors (Lipinski definition) is 1. The van der Waals surface area contributed by atoms with E-state index in [1.807, 2.05) is 13.0 Å². The number of halogens is 1. The van der Waals surface area contributed by atoms with E-state index in [0.29, 0.717) is 0 Å². The lowest BCUT2D eigenvalue weighted by atomic mass is 9.83. The van der Waals surface area contributed by atoms with Gasteiger partial charge in [0, 0.05) is 12.2 Å². The summed E-state index contributed by atoms with van der Waals surface area (Å²) in [6.45, 7) is 5.24. The van der Waals surface area contributed by atoms with Crippen molar-refractivity contribution in [2.24, 2.45) is 11.8 Å². The second kappa shape index (κ2) is 5.52. The van der Waals surface area contributed by atoms with Gasteiger partial charge >= 0.3 is 0 Å². The molecule has 0 amide bonds. The van der Waals surface area contributed by atoms with E-state index in [-0.39, 0.29) is 5.82 Å². The van der Waals surface area contributed by atoms with Gasteiger partial charge in [-0.2, -0.15) is 0 Å². The van der Waals surface area contributed by atoms with Crippen LogP contribution in [-0.2, 0) is 0 Å². The van der Waals surface area contributed by atoms with Gasteiger partial charge in [0.15, 0.2) is 0 Å². The van der Waals surface area contributed by atoms with E-state index in [4.69, 9.17) is 0 Å². The van der Waals surface area contributed by atoms with Crippen molar-refractivity contribution >= 4 is 5.69 Å². The Morgan fingerprint density at radius 2 is 1.88 bits per heavy atom. The van der Waals surface area contributed by atoms with E-state index >= 15 is 0 Å². The zero-order valence-electron chi connectivity index (χ0n) is 10.8. The third kappa shape index (κ3) is 3.72. The normalized spacial score (nSPS) is 24.6. The molecule has 0 bridgehead atoms. The molecule has 0 saturated heterocycles. The average molecular weight is 235 g/mol. The Balaban J connectivity index is 1.85. The topological polar surface area (TPSA) is 12.0 Å². The SMILES string of the molecule is Cc1cc(F)cc(NCC2CCC(C)CC2)c1. The monoisotopic (exact) mass is 235 g/mol. The van der Waals surface area contributed by atoms with E-state index in [1.54, 1.807) is 12.1 Å². The summed E-state index contributed by atoms with van der Waals surface area (Å²) in [5.41, 5.74) is 1.89. The third-order valence-electron chi connectivity index (χ3n) is 3.77. The zero-order chi connectivity index (χ0) is 12.3. The number of benzene rings is 1. The highest BCUT2D eigenvalue weighted by molar-refractivity contribution is 5.45. The molecule has 1 fully saturated rings. The lowest BCUT2D eigenvalue weighted by molar-refractivity contribution is 0.300. The minimum Gasteiger partial charge on any atom is -0.385 e. The molecule has 0 aromatic heterocycles. The Labute approximate surface area is 103 Å². The lowest BCUT2D eigenvalue weighted by Crippen LogP contribution is -2.20. The Kier molecular flexibility index (Phi) is 4.03. The molecule has 17 heavy (non-hydrogen) atoms. The molecule has 1 aliphatic carbocycles. The first-order valence-corrected chi connectivity index (χ1v) is 6.64. The minimum absolute atomic E-state index is 0.148. The molecule has 0 aliphatic heterocycles. The van der Waals surface area contributed by atoms with Crippen LogP contribution in [0.1, 0.15) is 38.2 Å². The largest absolute Gasteiger partial charge is 0.385 e. The highest BCUT2D eigenvalue weighted by Crippen LogP contribution is 2.28. The van der Waals surface area contributed by atoms with Crippen LogP contribution in [0.15, 0.2) is 18.2 Å². The van der Waals surface area contributed by atoms with Gasteiger partial charge in [-0.3, -0.25) is 0 Å². The molecule has 1 aliphatic rings. The summed E-state index contributed by atoms with van der Waals surface area (Å²) in [6, 6.07) is 5.15. The summed E-state index contributed by atoms with van der Waals surface area (Å²) in [5, 5.41) is 3.37. The highest BCUT2D eigenvalue weighted by atomic mass is 19.1. The summed E-state index contributed by atoms with van der Waals surface area (Å²) in [5.74, 6) is 1.50. The first-order valence-electron chi connectivity index (χ1n) is 6.64. The van der Waals surface area contributed by atoms with Gasteiger partial charge in [-0.1, -0.05) is 19.8 Å². The third-order valence-corrected chi connectivity index (χ3v) is 3.77. The lowest BCUT2D eigenvalue weighted by Gasteiger charge is -2.26. The number of nitrogens with one attached hydrogen (secondary N) is 1. The second-order valence-electron chi connectivity index (χ2n) is 5.52. The minimum atomic E-state index is -0.148. The van der Waals surface area contributed by atoms with Crippen molar-refractivity contribution in [3.8, 4) is 0 Å². The van der Waals surface area contributed by atoms with Crippen molar-refractivity contribution in [3.05, 3.63) is 29.6 Å². The molecule has 1 aromatic rings. The van der Waals surface area contributed by atoms with Gasteiger partial charge in [-0.15, -0.1) is 0 Å². The number of hydrogen-bond acceptors (Lipinski definition) is 1. The van der Waals surface area contributed by atoms with Crippen LogP contribution in [0.5, 0.6) is 0 Å². The van der Waals surface area contributed by atoms with Gasteiger partial charge in [0.1, 0.15) is 5.82 Å². The first kappa shape index (κ1) is 12.4. The average Bonchev–Trinajstić information content (AvgIpc) is 2.27. The first-order chi connectivity index (χ1) is 8.13. The Hall–Kier alpha value is -1.05. The molecular formula is C15H22FN. The highest BCUT2D eigenvalue weighted by Gasteiger charge is 2.17. The van der Waals surface area contributed by atoms with Crippen molar-refractivity contribution < 1.29 is 4.39 Å². The molecule has 1 nitrogen and oxygen atoms in total. The maximum atomic E-state index is 13.2. The van der Waals surface area contributed by atoms with Gasteiger partial charge in [-0.25, -0.2) is 4.39 Å². The van der Waals surface area contributed by atoms with Gasteiger partial charge in [0.2, 0.25) is 0 Å². The quantitative estimate of drug-likeness (QED) is 0.820. The summed E-state index contributed by atoms with van der Waals surface area (Å²) in [7, 11) is 0. The van der Waals surface area contributed by atoms with Gasteiger partial charge in [-0.05, 0) is 55.4 Å². The standard InChI is InChI=1S/C15H22FN/c1-11-3-5-13(6-4-11)10-17-15-8-12(2)7-14(16)9-15/h7-9,11,13,17H,3-6,10H2,1-2H3. The number of aryl methyl sites for hydroxylation is 1. The van der Waals surface area contributed by atoms with E-state index in [0.717, 1.165) is 29.6 Å². The van der Waals surface area contributed by atoms with Crippen LogP contribution >= 0.6 is 0 Å². The Bertz CT molecular complexity index is 347. The molecule has 0 spiro atoms. The van der Waals surface area contributed by atoms with E-state index < -0.39 is 0 Å². The molecule has 0 atom stereocenters. The molecule has 0 heterocycles. The Morgan fingerprint density at radius 3 is 2.53 bits per heavy atom. The van der Waals surface area contributed by atoms with Gasteiger partial charge < -0.3 is 5.32 Å². The van der Waals surface area contributed by atoms with Crippen molar-refractivity contribution in [1.82, 2.24) is 0 Å². The summed E-state index contributed by atoms with van der Waals surface area (Å²) < 4.78 is 13.2. The Morgan fingerprint density at radius 1 is 1.18 bits per heavy atom. The second-order valence-corrected chi connectivity index (χ2v) is 5.52. The fourth-order valence-electron chi connectivity index (χ4n) is 2.63. The molecule has 1 N–H and O–H groups in total. The number of rotatable bonds is 3. The summed E-state index contributed by atoms with van der Waals surface area (Å²) in [4.78, 5) is 0. The smallest absolute Gasteiger partial charge is 0.125 e. The summed E-state index contributed by atoms with van der Waals surface area (Å²) >= 11 is 0. The number of anilines is 1. The maximum absolute atomic E-state index is 13.2. The van der Waals surface area contributed by atoms with Crippen LogP contribution in [0.2, 0.25) is 0 Å². The van der Waals surface area contributed by atoms with Crippen molar-refractivity contribution in [2.75, 3.05) is 11.9 Å². The zero-order valence-corrected chi connectivity index (χ0v) is 10.8.